The molecule has 0 radical (unpaired) electrons. The van der Waals surface area contributed by atoms with E-state index in [9.17, 15) is 18.8 Å². The number of Topliss-reactive ketones (excluding diaryl/α,β-unsaturated/α-hetero) is 1. The molecule has 0 aliphatic carbocycles. The van der Waals surface area contributed by atoms with Gasteiger partial charge in [-0.1, -0.05) is 12.1 Å². The standard InChI is InChI=1S/C24H25FN4O3/c1-14-12-29(15(2)11-28(14)13-16-3-6-18(25)7-4-16)24(32)20-10-27-21-8-5-17(9-19(20)21)22(30)23(26)31/h3-10,14-15,27H,11-13H2,1-2H3,(H2,26,31)/t14-,15+/m0/s1. The molecule has 1 aromatic heterocycles. The lowest BCUT2D eigenvalue weighted by Gasteiger charge is -2.44. The smallest absolute Gasteiger partial charge is 0.289 e. The van der Waals surface area contributed by atoms with Crippen LogP contribution in [0.25, 0.3) is 10.9 Å². The van der Waals surface area contributed by atoms with Gasteiger partial charge in [0.1, 0.15) is 5.82 Å². The van der Waals surface area contributed by atoms with Gasteiger partial charge in [-0.15, -0.1) is 0 Å². The van der Waals surface area contributed by atoms with Gasteiger partial charge in [-0.3, -0.25) is 19.3 Å². The molecule has 2 aromatic carbocycles. The van der Waals surface area contributed by atoms with Crippen LogP contribution < -0.4 is 5.73 Å². The van der Waals surface area contributed by atoms with Gasteiger partial charge in [0.2, 0.25) is 5.78 Å². The van der Waals surface area contributed by atoms with Crippen LogP contribution in [0.3, 0.4) is 0 Å². The number of hydrogen-bond acceptors (Lipinski definition) is 4. The molecule has 0 bridgehead atoms. The predicted octanol–water partition coefficient (Wildman–Crippen LogP) is 2.71. The van der Waals surface area contributed by atoms with E-state index >= 15 is 0 Å². The largest absolute Gasteiger partial charge is 0.363 e. The second kappa shape index (κ2) is 8.55. The molecular weight excluding hydrogens is 411 g/mol. The highest BCUT2D eigenvalue weighted by molar-refractivity contribution is 6.42. The van der Waals surface area contributed by atoms with E-state index < -0.39 is 11.7 Å². The molecule has 2 atom stereocenters. The highest BCUT2D eigenvalue weighted by atomic mass is 19.1. The fourth-order valence-corrected chi connectivity index (χ4v) is 4.26. The third-order valence-electron chi connectivity index (χ3n) is 6.07. The number of hydrogen-bond donors (Lipinski definition) is 2. The summed E-state index contributed by atoms with van der Waals surface area (Å²) < 4.78 is 13.2. The van der Waals surface area contributed by atoms with Gasteiger partial charge >= 0.3 is 0 Å². The van der Waals surface area contributed by atoms with Gasteiger partial charge in [-0.05, 0) is 49.7 Å². The summed E-state index contributed by atoms with van der Waals surface area (Å²) in [5.41, 5.74) is 7.44. The van der Waals surface area contributed by atoms with Crippen molar-refractivity contribution < 1.29 is 18.8 Å². The Morgan fingerprint density at radius 1 is 1.06 bits per heavy atom. The average Bonchev–Trinajstić information content (AvgIpc) is 3.19. The van der Waals surface area contributed by atoms with Crippen molar-refractivity contribution in [3.8, 4) is 0 Å². The number of fused-ring (bicyclic) bond motifs is 1. The van der Waals surface area contributed by atoms with Crippen molar-refractivity contribution in [1.29, 1.82) is 0 Å². The minimum Gasteiger partial charge on any atom is -0.363 e. The Labute approximate surface area is 185 Å². The summed E-state index contributed by atoms with van der Waals surface area (Å²) in [6.07, 6.45) is 1.63. The number of benzene rings is 2. The maximum absolute atomic E-state index is 13.4. The molecular formula is C24H25FN4O3. The topological polar surface area (TPSA) is 99.5 Å². The summed E-state index contributed by atoms with van der Waals surface area (Å²) in [6.45, 7) is 5.96. The molecule has 32 heavy (non-hydrogen) atoms. The first kappa shape index (κ1) is 21.7. The van der Waals surface area contributed by atoms with Crippen molar-refractivity contribution in [2.45, 2.75) is 32.5 Å². The van der Waals surface area contributed by atoms with Crippen molar-refractivity contribution in [3.63, 3.8) is 0 Å². The molecule has 4 rings (SSSR count). The molecule has 1 aliphatic rings. The van der Waals surface area contributed by atoms with Gasteiger partial charge in [0.25, 0.3) is 11.8 Å². The number of aromatic nitrogens is 1. The molecule has 0 spiro atoms. The molecule has 3 N–H and O–H groups in total. The minimum atomic E-state index is -1.03. The number of H-pyrrole nitrogens is 1. The number of nitrogens with two attached hydrogens (primary N) is 1. The Morgan fingerprint density at radius 3 is 2.47 bits per heavy atom. The third-order valence-corrected chi connectivity index (χ3v) is 6.07. The first-order valence-corrected chi connectivity index (χ1v) is 10.5. The van der Waals surface area contributed by atoms with Crippen LogP contribution in [-0.4, -0.2) is 57.6 Å². The SMILES string of the molecule is C[C@@H]1CN(Cc2ccc(F)cc2)[C@@H](C)CN1C(=O)c1c[nH]c2ccc(C(=O)C(N)=O)cc12. The van der Waals surface area contributed by atoms with E-state index in [2.05, 4.69) is 16.8 Å². The predicted molar refractivity (Wildman–Crippen MR) is 119 cm³/mol. The number of aromatic amines is 1. The Kier molecular flexibility index (Phi) is 5.80. The van der Waals surface area contributed by atoms with Crippen LogP contribution >= 0.6 is 0 Å². The quantitative estimate of drug-likeness (QED) is 0.475. The van der Waals surface area contributed by atoms with E-state index in [1.807, 2.05) is 11.8 Å². The number of halogens is 1. The summed E-state index contributed by atoms with van der Waals surface area (Å²) in [4.78, 5) is 43.8. The molecule has 166 valence electrons. The molecule has 1 aliphatic heterocycles. The van der Waals surface area contributed by atoms with Crippen molar-refractivity contribution in [3.05, 3.63) is 71.2 Å². The first-order chi connectivity index (χ1) is 15.2. The summed E-state index contributed by atoms with van der Waals surface area (Å²) >= 11 is 0. The number of carbonyl (C=O) groups excluding carboxylic acids is 3. The van der Waals surface area contributed by atoms with E-state index in [1.165, 1.54) is 24.3 Å². The molecule has 3 aromatic rings. The molecule has 7 nitrogen and oxygen atoms in total. The minimum absolute atomic E-state index is 0.0421. The van der Waals surface area contributed by atoms with E-state index in [0.717, 1.165) is 5.56 Å². The summed E-state index contributed by atoms with van der Waals surface area (Å²) in [5.74, 6) is -2.22. The molecule has 0 saturated carbocycles. The maximum Gasteiger partial charge on any atom is 0.289 e. The van der Waals surface area contributed by atoms with Crippen molar-refractivity contribution >= 4 is 28.5 Å². The fraction of sp³-hybridized carbons (Fsp3) is 0.292. The molecule has 8 heteroatoms. The van der Waals surface area contributed by atoms with Crippen LogP contribution in [0, 0.1) is 5.82 Å². The first-order valence-electron chi connectivity index (χ1n) is 10.5. The van der Waals surface area contributed by atoms with Crippen LogP contribution in [0.2, 0.25) is 0 Å². The second-order valence-electron chi connectivity index (χ2n) is 8.37. The van der Waals surface area contributed by atoms with Gasteiger partial charge in [0, 0.05) is 54.4 Å². The number of nitrogens with zero attached hydrogens (tertiary/aromatic N) is 2. The molecule has 2 heterocycles. The van der Waals surface area contributed by atoms with Crippen molar-refractivity contribution in [1.82, 2.24) is 14.8 Å². The Balaban J connectivity index is 1.54. The summed E-state index contributed by atoms with van der Waals surface area (Å²) in [5, 5.41) is 0.579. The highest BCUT2D eigenvalue weighted by Gasteiger charge is 2.33. The van der Waals surface area contributed by atoms with E-state index in [4.69, 9.17) is 5.73 Å². The molecule has 2 amide bonds. The van der Waals surface area contributed by atoms with E-state index in [-0.39, 0.29) is 29.4 Å². The molecule has 1 saturated heterocycles. The van der Waals surface area contributed by atoms with Gasteiger partial charge in [-0.2, -0.15) is 0 Å². The van der Waals surface area contributed by atoms with E-state index in [1.54, 1.807) is 24.4 Å². The molecule has 1 fully saturated rings. The number of amides is 2. The van der Waals surface area contributed by atoms with Crippen LogP contribution in [0.15, 0.2) is 48.7 Å². The fourth-order valence-electron chi connectivity index (χ4n) is 4.26. The number of rotatable bonds is 5. The normalized spacial score (nSPS) is 19.3. The maximum atomic E-state index is 13.4. The van der Waals surface area contributed by atoms with Crippen LogP contribution in [0.4, 0.5) is 4.39 Å². The lowest BCUT2D eigenvalue weighted by atomic mass is 10.0. The van der Waals surface area contributed by atoms with Gasteiger partial charge in [0.05, 0.1) is 5.56 Å². The van der Waals surface area contributed by atoms with E-state index in [0.29, 0.717) is 36.1 Å². The van der Waals surface area contributed by atoms with Crippen molar-refractivity contribution in [2.24, 2.45) is 5.73 Å². The number of ketones is 1. The number of nitrogens with one attached hydrogen (secondary N) is 1. The Bertz CT molecular complexity index is 1190. The second-order valence-corrected chi connectivity index (χ2v) is 8.37. The lowest BCUT2D eigenvalue weighted by Crippen LogP contribution is -2.57. The van der Waals surface area contributed by atoms with Crippen LogP contribution in [0.1, 0.15) is 40.1 Å². The zero-order valence-electron chi connectivity index (χ0n) is 18.0. The van der Waals surface area contributed by atoms with Crippen molar-refractivity contribution in [2.75, 3.05) is 13.1 Å². The zero-order chi connectivity index (χ0) is 23.0. The molecule has 0 unspecified atom stereocenters. The average molecular weight is 436 g/mol. The van der Waals surface area contributed by atoms with Crippen LogP contribution in [0.5, 0.6) is 0 Å². The lowest BCUT2D eigenvalue weighted by molar-refractivity contribution is -0.114. The third kappa shape index (κ3) is 4.13. The van der Waals surface area contributed by atoms with Crippen LogP contribution in [-0.2, 0) is 11.3 Å². The highest BCUT2D eigenvalue weighted by Crippen LogP contribution is 2.25. The summed E-state index contributed by atoms with van der Waals surface area (Å²) in [7, 11) is 0. The summed E-state index contributed by atoms with van der Waals surface area (Å²) in [6, 6.07) is 11.2. The van der Waals surface area contributed by atoms with Gasteiger partial charge < -0.3 is 15.6 Å². The Morgan fingerprint density at radius 2 is 1.78 bits per heavy atom. The number of piperazine rings is 1. The van der Waals surface area contributed by atoms with Gasteiger partial charge in [0.15, 0.2) is 0 Å². The Hall–Kier alpha value is -3.52. The zero-order valence-corrected chi connectivity index (χ0v) is 18.0. The number of carbonyl (C=O) groups is 3. The monoisotopic (exact) mass is 436 g/mol. The van der Waals surface area contributed by atoms with Gasteiger partial charge in [-0.25, -0.2) is 4.39 Å². The number of primary amides is 1.